The van der Waals surface area contributed by atoms with Crippen molar-refractivity contribution < 1.29 is 18.7 Å². The molecule has 0 radical (unpaired) electrons. The maximum Gasteiger partial charge on any atom is 0.231 e. The highest BCUT2D eigenvalue weighted by atomic mass is 19.1. The van der Waals surface area contributed by atoms with Crippen LogP contribution in [0.1, 0.15) is 29.4 Å². The van der Waals surface area contributed by atoms with E-state index in [1.54, 1.807) is 12.1 Å². The van der Waals surface area contributed by atoms with E-state index < -0.39 is 0 Å². The smallest absolute Gasteiger partial charge is 0.231 e. The molecule has 6 heteroatoms. The van der Waals surface area contributed by atoms with E-state index >= 15 is 0 Å². The average molecular weight is 380 g/mol. The Hall–Kier alpha value is -3.28. The number of hydrogen-bond acceptors (Lipinski definition) is 3. The average Bonchev–Trinajstić information content (AvgIpc) is 3.27. The van der Waals surface area contributed by atoms with E-state index in [1.165, 1.54) is 12.1 Å². The van der Waals surface area contributed by atoms with Crippen molar-refractivity contribution in [2.45, 2.75) is 26.3 Å². The Balaban J connectivity index is 1.63. The monoisotopic (exact) mass is 380 g/mol. The van der Waals surface area contributed by atoms with Gasteiger partial charge in [-0.05, 0) is 67.9 Å². The minimum Gasteiger partial charge on any atom is -0.454 e. The van der Waals surface area contributed by atoms with E-state index in [0.717, 1.165) is 17.0 Å². The fourth-order valence-electron chi connectivity index (χ4n) is 3.57. The lowest BCUT2D eigenvalue weighted by Crippen LogP contribution is -2.21. The molecule has 0 spiro atoms. The largest absolute Gasteiger partial charge is 0.454 e. The Labute approximate surface area is 162 Å². The molecule has 2 aromatic carbocycles. The zero-order valence-corrected chi connectivity index (χ0v) is 15.7. The normalized spacial score (nSPS) is 13.4. The van der Waals surface area contributed by atoms with Gasteiger partial charge in [0.25, 0.3) is 0 Å². The van der Waals surface area contributed by atoms with Crippen LogP contribution in [0.4, 0.5) is 10.1 Å². The molecule has 1 aliphatic rings. The molecule has 1 amide bonds. The number of amides is 1. The zero-order valence-electron chi connectivity index (χ0n) is 15.7. The highest BCUT2D eigenvalue weighted by Crippen LogP contribution is 2.37. The number of rotatable bonds is 5. The van der Waals surface area contributed by atoms with Crippen LogP contribution >= 0.6 is 0 Å². The summed E-state index contributed by atoms with van der Waals surface area (Å²) >= 11 is 0. The standard InChI is InChI=1S/C22H21FN2O3/c1-14-3-4-15(2)25(14)19(16-5-10-20-21(11-16)28-13-27-20)12-22(26)24-18-8-6-17(23)7-9-18/h3-11,19H,12-13H2,1-2H3,(H,24,26). The third kappa shape index (κ3) is 3.58. The summed E-state index contributed by atoms with van der Waals surface area (Å²) in [5.41, 5.74) is 3.65. The molecule has 0 fully saturated rings. The fourth-order valence-corrected chi connectivity index (χ4v) is 3.57. The lowest BCUT2D eigenvalue weighted by atomic mass is 10.0. The summed E-state index contributed by atoms with van der Waals surface area (Å²) < 4.78 is 26.2. The first-order valence-corrected chi connectivity index (χ1v) is 9.10. The van der Waals surface area contributed by atoms with Gasteiger partial charge in [-0.1, -0.05) is 6.07 Å². The van der Waals surface area contributed by atoms with Crippen LogP contribution in [-0.4, -0.2) is 17.3 Å². The summed E-state index contributed by atoms with van der Waals surface area (Å²) in [6.45, 7) is 4.24. The van der Waals surface area contributed by atoms with Crippen LogP contribution < -0.4 is 14.8 Å². The molecular formula is C22H21FN2O3. The van der Waals surface area contributed by atoms with Gasteiger partial charge in [0.1, 0.15) is 5.82 Å². The van der Waals surface area contributed by atoms with E-state index in [2.05, 4.69) is 9.88 Å². The van der Waals surface area contributed by atoms with Crippen molar-refractivity contribution in [3.63, 3.8) is 0 Å². The first-order chi connectivity index (χ1) is 13.5. The lowest BCUT2D eigenvalue weighted by Gasteiger charge is -2.23. The fraction of sp³-hybridized carbons (Fsp3) is 0.227. The first kappa shape index (κ1) is 18.1. The van der Waals surface area contributed by atoms with Gasteiger partial charge in [-0.15, -0.1) is 0 Å². The molecule has 0 saturated carbocycles. The van der Waals surface area contributed by atoms with E-state index in [9.17, 15) is 9.18 Å². The number of hydrogen-bond donors (Lipinski definition) is 1. The zero-order chi connectivity index (χ0) is 19.7. The molecule has 2 heterocycles. The van der Waals surface area contributed by atoms with Gasteiger partial charge >= 0.3 is 0 Å². The summed E-state index contributed by atoms with van der Waals surface area (Å²) in [6.07, 6.45) is 0.230. The number of fused-ring (bicyclic) bond motifs is 1. The van der Waals surface area contributed by atoms with Crippen molar-refractivity contribution in [3.05, 3.63) is 77.4 Å². The number of aromatic nitrogens is 1. The van der Waals surface area contributed by atoms with Crippen LogP contribution in [0.25, 0.3) is 0 Å². The van der Waals surface area contributed by atoms with Gasteiger partial charge in [0.2, 0.25) is 12.7 Å². The maximum absolute atomic E-state index is 13.1. The molecule has 1 aliphatic heterocycles. The van der Waals surface area contributed by atoms with Crippen molar-refractivity contribution >= 4 is 11.6 Å². The Kier molecular flexibility index (Phi) is 4.77. The summed E-state index contributed by atoms with van der Waals surface area (Å²) in [5, 5.41) is 2.85. The van der Waals surface area contributed by atoms with Crippen LogP contribution in [0.2, 0.25) is 0 Å². The van der Waals surface area contributed by atoms with E-state index in [-0.39, 0.29) is 31.0 Å². The Morgan fingerprint density at radius 1 is 1.04 bits per heavy atom. The quantitative estimate of drug-likeness (QED) is 0.704. The van der Waals surface area contributed by atoms with E-state index in [0.29, 0.717) is 17.2 Å². The molecule has 1 aromatic heterocycles. The topological polar surface area (TPSA) is 52.5 Å². The lowest BCUT2D eigenvalue weighted by molar-refractivity contribution is -0.116. The molecule has 144 valence electrons. The SMILES string of the molecule is Cc1ccc(C)n1C(CC(=O)Nc1ccc(F)cc1)c1ccc2c(c1)OCO2. The minimum absolute atomic E-state index is 0.151. The number of benzene rings is 2. The molecule has 1 N–H and O–H groups in total. The Morgan fingerprint density at radius 3 is 2.43 bits per heavy atom. The second-order valence-electron chi connectivity index (χ2n) is 6.87. The van der Waals surface area contributed by atoms with Crippen LogP contribution in [-0.2, 0) is 4.79 Å². The molecule has 0 saturated heterocycles. The number of ether oxygens (including phenoxy) is 2. The van der Waals surface area contributed by atoms with Crippen molar-refractivity contribution in [2.75, 3.05) is 12.1 Å². The van der Waals surface area contributed by atoms with Gasteiger partial charge in [-0.2, -0.15) is 0 Å². The van der Waals surface area contributed by atoms with Crippen molar-refractivity contribution in [2.24, 2.45) is 0 Å². The number of carbonyl (C=O) groups excluding carboxylic acids is 1. The van der Waals surface area contributed by atoms with Crippen molar-refractivity contribution in [3.8, 4) is 11.5 Å². The number of nitrogens with zero attached hydrogens (tertiary/aromatic N) is 1. The van der Waals surface area contributed by atoms with Gasteiger partial charge in [0.05, 0.1) is 12.5 Å². The van der Waals surface area contributed by atoms with Gasteiger partial charge in [0, 0.05) is 17.1 Å². The second-order valence-corrected chi connectivity index (χ2v) is 6.87. The van der Waals surface area contributed by atoms with Gasteiger partial charge < -0.3 is 19.4 Å². The number of halogens is 1. The number of aryl methyl sites for hydroxylation is 2. The third-order valence-electron chi connectivity index (χ3n) is 4.93. The molecule has 5 nitrogen and oxygen atoms in total. The molecule has 4 rings (SSSR count). The summed E-state index contributed by atoms with van der Waals surface area (Å²) in [5.74, 6) is 0.903. The molecule has 3 aromatic rings. The number of nitrogens with one attached hydrogen (secondary N) is 1. The number of anilines is 1. The predicted octanol–water partition coefficient (Wildman–Crippen LogP) is 4.59. The summed E-state index contributed by atoms with van der Waals surface area (Å²) in [4.78, 5) is 12.8. The molecular weight excluding hydrogens is 359 g/mol. The minimum atomic E-state index is -0.338. The van der Waals surface area contributed by atoms with E-state index in [1.807, 2.05) is 44.2 Å². The van der Waals surface area contributed by atoms with Crippen LogP contribution in [0, 0.1) is 19.7 Å². The van der Waals surface area contributed by atoms with Crippen molar-refractivity contribution in [1.82, 2.24) is 4.57 Å². The predicted molar refractivity (Wildman–Crippen MR) is 104 cm³/mol. The maximum atomic E-state index is 13.1. The van der Waals surface area contributed by atoms with E-state index in [4.69, 9.17) is 9.47 Å². The molecule has 0 bridgehead atoms. The molecule has 1 unspecified atom stereocenters. The number of carbonyl (C=O) groups is 1. The third-order valence-corrected chi connectivity index (χ3v) is 4.93. The summed E-state index contributed by atoms with van der Waals surface area (Å²) in [6, 6.07) is 15.4. The molecule has 1 atom stereocenters. The Morgan fingerprint density at radius 2 is 1.71 bits per heavy atom. The first-order valence-electron chi connectivity index (χ1n) is 9.10. The second kappa shape index (κ2) is 7.38. The Bertz CT molecular complexity index is 992. The highest BCUT2D eigenvalue weighted by molar-refractivity contribution is 5.91. The molecule has 28 heavy (non-hydrogen) atoms. The van der Waals surface area contributed by atoms with Crippen LogP contribution in [0.5, 0.6) is 11.5 Å². The van der Waals surface area contributed by atoms with Gasteiger partial charge in [-0.25, -0.2) is 4.39 Å². The van der Waals surface area contributed by atoms with Gasteiger partial charge in [-0.3, -0.25) is 4.79 Å². The summed E-state index contributed by atoms with van der Waals surface area (Å²) in [7, 11) is 0. The van der Waals surface area contributed by atoms with Crippen LogP contribution in [0.3, 0.4) is 0 Å². The van der Waals surface area contributed by atoms with Gasteiger partial charge in [0.15, 0.2) is 11.5 Å². The van der Waals surface area contributed by atoms with Crippen LogP contribution in [0.15, 0.2) is 54.6 Å². The molecule has 0 aliphatic carbocycles. The van der Waals surface area contributed by atoms with Crippen molar-refractivity contribution in [1.29, 1.82) is 0 Å². The highest BCUT2D eigenvalue weighted by Gasteiger charge is 2.23.